The van der Waals surface area contributed by atoms with Crippen LogP contribution in [-0.4, -0.2) is 9.78 Å². The number of hydrogen-bond donors (Lipinski definition) is 1. The van der Waals surface area contributed by atoms with Crippen LogP contribution in [0.3, 0.4) is 0 Å². The molecule has 0 saturated heterocycles. The standard InChI is InChI=1S/C11H11ClFN3/c1-16-6-7(5-15-16)11(14)9-4-8(12)2-3-10(9)13/h2-6,11H,14H2,1H3. The molecule has 0 aliphatic carbocycles. The van der Waals surface area contributed by atoms with Gasteiger partial charge < -0.3 is 5.73 Å². The van der Waals surface area contributed by atoms with Crippen molar-refractivity contribution in [3.05, 3.63) is 52.6 Å². The molecular weight excluding hydrogens is 229 g/mol. The monoisotopic (exact) mass is 239 g/mol. The first-order valence-corrected chi connectivity index (χ1v) is 5.15. The summed E-state index contributed by atoms with van der Waals surface area (Å²) in [5, 5.41) is 4.46. The number of nitrogens with two attached hydrogens (primary N) is 1. The first kappa shape index (κ1) is 11.1. The Balaban J connectivity index is 2.40. The molecule has 0 spiro atoms. The minimum Gasteiger partial charge on any atom is -0.320 e. The molecule has 1 unspecified atom stereocenters. The number of rotatable bonds is 2. The molecule has 5 heteroatoms. The number of benzene rings is 1. The maximum absolute atomic E-state index is 13.5. The van der Waals surface area contributed by atoms with Gasteiger partial charge in [0.2, 0.25) is 0 Å². The molecule has 0 radical (unpaired) electrons. The Kier molecular flexibility index (Phi) is 2.94. The lowest BCUT2D eigenvalue weighted by Crippen LogP contribution is -2.13. The Bertz CT molecular complexity index is 510. The molecule has 0 amide bonds. The number of aromatic nitrogens is 2. The summed E-state index contributed by atoms with van der Waals surface area (Å²) in [6.07, 6.45) is 3.37. The summed E-state index contributed by atoms with van der Waals surface area (Å²) in [4.78, 5) is 0. The fourth-order valence-electron chi connectivity index (χ4n) is 1.53. The Morgan fingerprint density at radius 1 is 1.50 bits per heavy atom. The van der Waals surface area contributed by atoms with Gasteiger partial charge in [-0.05, 0) is 18.2 Å². The summed E-state index contributed by atoms with van der Waals surface area (Å²) in [6, 6.07) is 3.80. The fraction of sp³-hybridized carbons (Fsp3) is 0.182. The molecule has 0 aliphatic heterocycles. The highest BCUT2D eigenvalue weighted by atomic mass is 35.5. The van der Waals surface area contributed by atoms with Crippen LogP contribution in [0.15, 0.2) is 30.6 Å². The molecule has 2 aromatic rings. The van der Waals surface area contributed by atoms with Gasteiger partial charge in [0.1, 0.15) is 5.82 Å². The van der Waals surface area contributed by atoms with Crippen molar-refractivity contribution in [1.82, 2.24) is 9.78 Å². The van der Waals surface area contributed by atoms with Gasteiger partial charge in [0, 0.05) is 29.4 Å². The van der Waals surface area contributed by atoms with E-state index < -0.39 is 6.04 Å². The molecule has 16 heavy (non-hydrogen) atoms. The highest BCUT2D eigenvalue weighted by molar-refractivity contribution is 6.30. The van der Waals surface area contributed by atoms with Gasteiger partial charge in [0.25, 0.3) is 0 Å². The average molecular weight is 240 g/mol. The molecule has 1 atom stereocenters. The van der Waals surface area contributed by atoms with Gasteiger partial charge in [-0.3, -0.25) is 4.68 Å². The molecule has 2 rings (SSSR count). The van der Waals surface area contributed by atoms with Crippen LogP contribution in [0.2, 0.25) is 5.02 Å². The Labute approximate surface area is 97.6 Å². The lowest BCUT2D eigenvalue weighted by atomic mass is 10.0. The van der Waals surface area contributed by atoms with Crippen molar-refractivity contribution in [3.8, 4) is 0 Å². The molecule has 2 N–H and O–H groups in total. The van der Waals surface area contributed by atoms with E-state index in [0.29, 0.717) is 10.6 Å². The zero-order valence-corrected chi connectivity index (χ0v) is 9.45. The van der Waals surface area contributed by atoms with Crippen LogP contribution in [0, 0.1) is 5.82 Å². The Morgan fingerprint density at radius 3 is 2.88 bits per heavy atom. The summed E-state index contributed by atoms with van der Waals surface area (Å²) in [5.74, 6) is -0.360. The predicted molar refractivity (Wildman–Crippen MR) is 60.6 cm³/mol. The van der Waals surface area contributed by atoms with Crippen molar-refractivity contribution in [2.45, 2.75) is 6.04 Å². The molecule has 1 heterocycles. The van der Waals surface area contributed by atoms with Crippen LogP contribution in [0.25, 0.3) is 0 Å². The van der Waals surface area contributed by atoms with E-state index in [2.05, 4.69) is 5.10 Å². The van der Waals surface area contributed by atoms with Crippen LogP contribution in [0.4, 0.5) is 4.39 Å². The minimum atomic E-state index is -0.549. The summed E-state index contributed by atoms with van der Waals surface area (Å²) >= 11 is 5.81. The number of nitrogens with zero attached hydrogens (tertiary/aromatic N) is 2. The van der Waals surface area contributed by atoms with E-state index in [1.54, 1.807) is 24.1 Å². The van der Waals surface area contributed by atoms with Crippen LogP contribution >= 0.6 is 11.6 Å². The maximum Gasteiger partial charge on any atom is 0.128 e. The number of halogens is 2. The molecule has 0 fully saturated rings. The van der Waals surface area contributed by atoms with Crippen LogP contribution < -0.4 is 5.73 Å². The molecule has 84 valence electrons. The van der Waals surface area contributed by atoms with E-state index >= 15 is 0 Å². The molecule has 1 aromatic heterocycles. The van der Waals surface area contributed by atoms with Crippen LogP contribution in [-0.2, 0) is 7.05 Å². The topological polar surface area (TPSA) is 43.8 Å². The second kappa shape index (κ2) is 4.23. The van der Waals surface area contributed by atoms with E-state index in [0.717, 1.165) is 5.56 Å². The molecule has 0 saturated carbocycles. The van der Waals surface area contributed by atoms with Gasteiger partial charge in [0.15, 0.2) is 0 Å². The quantitative estimate of drug-likeness (QED) is 0.874. The second-order valence-electron chi connectivity index (χ2n) is 3.59. The van der Waals surface area contributed by atoms with Gasteiger partial charge in [-0.25, -0.2) is 4.39 Å². The SMILES string of the molecule is Cn1cc(C(N)c2cc(Cl)ccc2F)cn1. The smallest absolute Gasteiger partial charge is 0.128 e. The molecule has 3 nitrogen and oxygen atoms in total. The lowest BCUT2D eigenvalue weighted by Gasteiger charge is -2.11. The van der Waals surface area contributed by atoms with Gasteiger partial charge in [-0.1, -0.05) is 11.6 Å². The molecule has 0 aliphatic rings. The zero-order chi connectivity index (χ0) is 11.7. The third-order valence-corrected chi connectivity index (χ3v) is 2.61. The van der Waals surface area contributed by atoms with E-state index in [4.69, 9.17) is 17.3 Å². The van der Waals surface area contributed by atoms with Crippen molar-refractivity contribution >= 4 is 11.6 Å². The Hall–Kier alpha value is -1.39. The Morgan fingerprint density at radius 2 is 2.25 bits per heavy atom. The normalized spacial score (nSPS) is 12.8. The van der Waals surface area contributed by atoms with E-state index in [1.165, 1.54) is 18.2 Å². The zero-order valence-electron chi connectivity index (χ0n) is 8.69. The van der Waals surface area contributed by atoms with Crippen molar-refractivity contribution in [2.24, 2.45) is 12.8 Å². The summed E-state index contributed by atoms with van der Waals surface area (Å²) in [5.41, 5.74) is 7.08. The van der Waals surface area contributed by atoms with Crippen molar-refractivity contribution in [3.63, 3.8) is 0 Å². The van der Waals surface area contributed by atoms with Gasteiger partial charge in [0.05, 0.1) is 12.2 Å². The van der Waals surface area contributed by atoms with Crippen molar-refractivity contribution < 1.29 is 4.39 Å². The number of hydrogen-bond acceptors (Lipinski definition) is 2. The summed E-state index contributed by atoms with van der Waals surface area (Å²) < 4.78 is 15.2. The largest absolute Gasteiger partial charge is 0.320 e. The number of aryl methyl sites for hydroxylation is 1. The van der Waals surface area contributed by atoms with E-state index in [-0.39, 0.29) is 5.82 Å². The van der Waals surface area contributed by atoms with Crippen molar-refractivity contribution in [2.75, 3.05) is 0 Å². The van der Waals surface area contributed by atoms with Gasteiger partial charge >= 0.3 is 0 Å². The van der Waals surface area contributed by atoms with Gasteiger partial charge in [-0.2, -0.15) is 5.10 Å². The van der Waals surface area contributed by atoms with Gasteiger partial charge in [-0.15, -0.1) is 0 Å². The minimum absolute atomic E-state index is 0.360. The van der Waals surface area contributed by atoms with E-state index in [1.807, 2.05) is 0 Å². The first-order chi connectivity index (χ1) is 7.58. The third-order valence-electron chi connectivity index (χ3n) is 2.38. The summed E-state index contributed by atoms with van der Waals surface area (Å²) in [6.45, 7) is 0. The summed E-state index contributed by atoms with van der Waals surface area (Å²) in [7, 11) is 1.78. The van der Waals surface area contributed by atoms with Crippen LogP contribution in [0.1, 0.15) is 17.2 Å². The molecule has 0 bridgehead atoms. The highest BCUT2D eigenvalue weighted by Gasteiger charge is 2.15. The van der Waals surface area contributed by atoms with Crippen molar-refractivity contribution in [1.29, 1.82) is 0 Å². The van der Waals surface area contributed by atoms with Crippen LogP contribution in [0.5, 0.6) is 0 Å². The predicted octanol–water partition coefficient (Wildman–Crippen LogP) is 2.26. The molecular formula is C11H11ClFN3. The molecule has 1 aromatic carbocycles. The third kappa shape index (κ3) is 2.08. The first-order valence-electron chi connectivity index (χ1n) is 4.77. The van der Waals surface area contributed by atoms with E-state index in [9.17, 15) is 4.39 Å². The maximum atomic E-state index is 13.5. The average Bonchev–Trinajstić information content (AvgIpc) is 2.67. The lowest BCUT2D eigenvalue weighted by molar-refractivity contribution is 0.599. The highest BCUT2D eigenvalue weighted by Crippen LogP contribution is 2.24. The second-order valence-corrected chi connectivity index (χ2v) is 4.03. The fourth-order valence-corrected chi connectivity index (χ4v) is 1.71.